The number of fused-ring (bicyclic) bond motifs is 1. The monoisotopic (exact) mass is 545 g/mol. The van der Waals surface area contributed by atoms with Gasteiger partial charge in [0.25, 0.3) is 5.91 Å². The van der Waals surface area contributed by atoms with Crippen LogP contribution in [0.3, 0.4) is 0 Å². The molecule has 0 spiro atoms. The number of carbonyl (C=O) groups is 2. The molecule has 7 nitrogen and oxygen atoms in total. The van der Waals surface area contributed by atoms with Gasteiger partial charge >= 0.3 is 12.3 Å². The Bertz CT molecular complexity index is 1490. The second-order valence-corrected chi connectivity index (χ2v) is 8.82. The van der Waals surface area contributed by atoms with E-state index in [2.05, 4.69) is 19.8 Å². The number of aromatic amines is 1. The molecule has 0 radical (unpaired) electrons. The number of nitrogens with one attached hydrogen (secondary N) is 2. The molecule has 0 saturated heterocycles. The summed E-state index contributed by atoms with van der Waals surface area (Å²) in [6.45, 7) is 0.0466. The van der Waals surface area contributed by atoms with Crippen LogP contribution in [0, 0.1) is 0 Å². The summed E-state index contributed by atoms with van der Waals surface area (Å²) in [4.78, 5) is 28.2. The standard InChI is InChI=1S/C27H23ClF3N3O4/c1-37-26(36)20-8-6-16(12-22(20)28)15-7-9-24(38-27(29,30)31)21(11-15)25(35)34-18(13-32)10-17-14-33-23-5-3-2-4-19(17)23/h2-9,11-12,14,18,33H,10,13,32H2,1H3,(H,34,35). The highest BCUT2D eigenvalue weighted by atomic mass is 35.5. The van der Waals surface area contributed by atoms with Crippen molar-refractivity contribution >= 4 is 34.4 Å². The zero-order valence-corrected chi connectivity index (χ0v) is 20.8. The maximum atomic E-state index is 13.2. The number of rotatable bonds is 8. The Morgan fingerprint density at radius 1 is 1.05 bits per heavy atom. The van der Waals surface area contributed by atoms with E-state index in [-0.39, 0.29) is 22.7 Å². The molecule has 4 N–H and O–H groups in total. The first kappa shape index (κ1) is 27.0. The van der Waals surface area contributed by atoms with E-state index in [1.807, 2.05) is 24.3 Å². The molecule has 1 atom stereocenters. The maximum Gasteiger partial charge on any atom is 0.573 e. The SMILES string of the molecule is COC(=O)c1ccc(-c2ccc(OC(F)(F)F)c(C(=O)NC(CN)Cc3c[nH]c4ccccc34)c2)cc1Cl. The Labute approximate surface area is 220 Å². The second kappa shape index (κ2) is 11.2. The summed E-state index contributed by atoms with van der Waals surface area (Å²) in [5, 5.41) is 3.76. The van der Waals surface area contributed by atoms with E-state index in [0.29, 0.717) is 17.5 Å². The third-order valence-corrected chi connectivity index (χ3v) is 6.23. The summed E-state index contributed by atoms with van der Waals surface area (Å²) in [7, 11) is 1.21. The lowest BCUT2D eigenvalue weighted by molar-refractivity contribution is -0.274. The summed E-state index contributed by atoms with van der Waals surface area (Å²) in [5.74, 6) is -2.10. The van der Waals surface area contributed by atoms with Gasteiger partial charge in [0, 0.05) is 29.7 Å². The van der Waals surface area contributed by atoms with Gasteiger partial charge in [0.05, 0.1) is 23.3 Å². The largest absolute Gasteiger partial charge is 0.573 e. The van der Waals surface area contributed by atoms with Crippen molar-refractivity contribution in [1.29, 1.82) is 0 Å². The number of aromatic nitrogens is 1. The average Bonchev–Trinajstić information content (AvgIpc) is 3.29. The van der Waals surface area contributed by atoms with Crippen molar-refractivity contribution in [2.75, 3.05) is 13.7 Å². The number of benzene rings is 3. The predicted molar refractivity (Wildman–Crippen MR) is 137 cm³/mol. The number of alkyl halides is 3. The first-order valence-electron chi connectivity index (χ1n) is 11.4. The third kappa shape index (κ3) is 6.09. The van der Waals surface area contributed by atoms with E-state index in [1.54, 1.807) is 12.3 Å². The van der Waals surface area contributed by atoms with Gasteiger partial charge in [-0.2, -0.15) is 0 Å². The highest BCUT2D eigenvalue weighted by Gasteiger charge is 2.33. The first-order valence-corrected chi connectivity index (χ1v) is 11.8. The molecule has 198 valence electrons. The van der Waals surface area contributed by atoms with Crippen LogP contribution >= 0.6 is 11.6 Å². The lowest BCUT2D eigenvalue weighted by atomic mass is 10.00. The fourth-order valence-corrected chi connectivity index (χ4v) is 4.35. The zero-order chi connectivity index (χ0) is 27.4. The minimum absolute atomic E-state index is 0.0466. The van der Waals surface area contributed by atoms with Crippen LogP contribution < -0.4 is 15.8 Å². The zero-order valence-electron chi connectivity index (χ0n) is 20.1. The minimum Gasteiger partial charge on any atom is -0.465 e. The molecule has 1 amide bonds. The van der Waals surface area contributed by atoms with Gasteiger partial charge in [-0.15, -0.1) is 13.2 Å². The maximum absolute atomic E-state index is 13.2. The number of esters is 1. The number of hydrogen-bond acceptors (Lipinski definition) is 5. The van der Waals surface area contributed by atoms with E-state index >= 15 is 0 Å². The minimum atomic E-state index is -5.01. The molecule has 0 aliphatic rings. The number of carbonyl (C=O) groups excluding carboxylic acids is 2. The Morgan fingerprint density at radius 2 is 1.76 bits per heavy atom. The van der Waals surface area contributed by atoms with E-state index in [9.17, 15) is 22.8 Å². The summed E-state index contributed by atoms with van der Waals surface area (Å²) in [6.07, 6.45) is -2.86. The van der Waals surface area contributed by atoms with Crippen molar-refractivity contribution in [2.45, 2.75) is 18.8 Å². The lowest BCUT2D eigenvalue weighted by Crippen LogP contribution is -2.42. The molecule has 1 unspecified atom stereocenters. The van der Waals surface area contributed by atoms with Gasteiger partial charge in [0.15, 0.2) is 0 Å². The molecule has 3 aromatic carbocycles. The van der Waals surface area contributed by atoms with Gasteiger partial charge in [-0.05, 0) is 53.4 Å². The molecule has 0 bridgehead atoms. The van der Waals surface area contributed by atoms with Crippen LogP contribution in [0.4, 0.5) is 13.2 Å². The van der Waals surface area contributed by atoms with Crippen molar-refractivity contribution in [3.63, 3.8) is 0 Å². The quantitative estimate of drug-likeness (QED) is 0.254. The molecule has 38 heavy (non-hydrogen) atoms. The molecule has 1 aromatic heterocycles. The Hall–Kier alpha value is -4.02. The van der Waals surface area contributed by atoms with Gasteiger partial charge < -0.3 is 25.5 Å². The van der Waals surface area contributed by atoms with Crippen LogP contribution in [0.1, 0.15) is 26.3 Å². The fraction of sp³-hybridized carbons (Fsp3) is 0.185. The molecule has 4 rings (SSSR count). The molecule has 0 aliphatic heterocycles. The first-order chi connectivity index (χ1) is 18.1. The van der Waals surface area contributed by atoms with Crippen molar-refractivity contribution in [1.82, 2.24) is 10.3 Å². The fourth-order valence-electron chi connectivity index (χ4n) is 4.09. The lowest BCUT2D eigenvalue weighted by Gasteiger charge is -2.19. The molecule has 0 saturated carbocycles. The van der Waals surface area contributed by atoms with Crippen LogP contribution in [0.25, 0.3) is 22.0 Å². The molecule has 0 aliphatic carbocycles. The van der Waals surface area contributed by atoms with E-state index in [0.717, 1.165) is 22.5 Å². The Kier molecular flexibility index (Phi) is 7.94. The number of halogens is 4. The predicted octanol–water partition coefficient (Wildman–Crippen LogP) is 5.47. The molecule has 4 aromatic rings. The smallest absolute Gasteiger partial charge is 0.465 e. The van der Waals surface area contributed by atoms with Gasteiger partial charge in [0.2, 0.25) is 0 Å². The topological polar surface area (TPSA) is 106 Å². The Balaban J connectivity index is 1.64. The molecule has 0 fully saturated rings. The summed E-state index contributed by atoms with van der Waals surface area (Å²) in [6, 6.07) is 15.1. The van der Waals surface area contributed by atoms with Crippen molar-refractivity contribution in [2.24, 2.45) is 5.73 Å². The normalized spacial score (nSPS) is 12.3. The number of amides is 1. The molecule has 1 heterocycles. The molecular weight excluding hydrogens is 523 g/mol. The second-order valence-electron chi connectivity index (χ2n) is 8.41. The number of para-hydroxylation sites is 1. The Morgan fingerprint density at radius 3 is 2.45 bits per heavy atom. The van der Waals surface area contributed by atoms with Gasteiger partial charge in [-0.25, -0.2) is 4.79 Å². The number of nitrogens with two attached hydrogens (primary N) is 1. The average molecular weight is 546 g/mol. The van der Waals surface area contributed by atoms with Crippen molar-refractivity contribution in [3.8, 4) is 16.9 Å². The van der Waals surface area contributed by atoms with Gasteiger partial charge in [-0.1, -0.05) is 41.9 Å². The van der Waals surface area contributed by atoms with Crippen LogP contribution in [0.5, 0.6) is 5.75 Å². The summed E-state index contributed by atoms with van der Waals surface area (Å²) < 4.78 is 48.1. The van der Waals surface area contributed by atoms with Crippen molar-refractivity contribution < 1.29 is 32.2 Å². The van der Waals surface area contributed by atoms with E-state index in [1.165, 1.54) is 31.4 Å². The molecule has 11 heteroatoms. The van der Waals surface area contributed by atoms with Gasteiger partial charge in [-0.3, -0.25) is 4.79 Å². The summed E-state index contributed by atoms with van der Waals surface area (Å²) >= 11 is 6.20. The number of methoxy groups -OCH3 is 1. The number of ether oxygens (including phenoxy) is 2. The van der Waals surface area contributed by atoms with Crippen LogP contribution in [-0.4, -0.2) is 42.9 Å². The van der Waals surface area contributed by atoms with E-state index in [4.69, 9.17) is 17.3 Å². The number of H-pyrrole nitrogens is 1. The third-order valence-electron chi connectivity index (χ3n) is 5.92. The summed E-state index contributed by atoms with van der Waals surface area (Å²) in [5.41, 5.74) is 8.33. The van der Waals surface area contributed by atoms with Crippen molar-refractivity contribution in [3.05, 3.63) is 88.6 Å². The highest BCUT2D eigenvalue weighted by Crippen LogP contribution is 2.33. The van der Waals surface area contributed by atoms with Gasteiger partial charge in [0.1, 0.15) is 5.75 Å². The van der Waals surface area contributed by atoms with Crippen LogP contribution in [-0.2, 0) is 11.2 Å². The van der Waals surface area contributed by atoms with Crippen LogP contribution in [0.15, 0.2) is 66.9 Å². The van der Waals surface area contributed by atoms with E-state index < -0.39 is 30.0 Å². The number of hydrogen-bond donors (Lipinski definition) is 3. The highest BCUT2D eigenvalue weighted by molar-refractivity contribution is 6.33. The van der Waals surface area contributed by atoms with Crippen LogP contribution in [0.2, 0.25) is 5.02 Å². The molecular formula is C27H23ClF3N3O4.